The summed E-state index contributed by atoms with van der Waals surface area (Å²) in [6.07, 6.45) is 0. The van der Waals surface area contributed by atoms with E-state index >= 15 is 0 Å². The van der Waals surface area contributed by atoms with Crippen LogP contribution in [0.15, 0.2) is 4.47 Å². The van der Waals surface area contributed by atoms with Gasteiger partial charge in [0.15, 0.2) is 17.5 Å². The number of rotatable bonds is 2. The summed E-state index contributed by atoms with van der Waals surface area (Å²) in [5.41, 5.74) is -0.702. The molecule has 0 fully saturated rings. The molecule has 1 aromatic carbocycles. The van der Waals surface area contributed by atoms with Gasteiger partial charge in [0.25, 0.3) is 0 Å². The van der Waals surface area contributed by atoms with Crippen LogP contribution in [0, 0.1) is 17.5 Å². The van der Waals surface area contributed by atoms with Crippen LogP contribution in [0.4, 0.5) is 13.2 Å². The second-order valence-electron chi connectivity index (χ2n) is 3.04. The number of aliphatic carboxylic acids is 1. The van der Waals surface area contributed by atoms with Gasteiger partial charge in [0, 0.05) is 5.56 Å². The molecule has 16 heavy (non-hydrogen) atoms. The van der Waals surface area contributed by atoms with E-state index in [4.69, 9.17) is 16.7 Å². The molecule has 0 aromatic heterocycles. The van der Waals surface area contributed by atoms with Crippen molar-refractivity contribution in [3.63, 3.8) is 0 Å². The first-order valence-corrected chi connectivity index (χ1v) is 5.20. The topological polar surface area (TPSA) is 37.3 Å². The van der Waals surface area contributed by atoms with Crippen LogP contribution in [0.25, 0.3) is 0 Å². The van der Waals surface area contributed by atoms with E-state index in [0.29, 0.717) is 0 Å². The van der Waals surface area contributed by atoms with Gasteiger partial charge in [-0.05, 0) is 22.9 Å². The van der Waals surface area contributed by atoms with Crippen molar-refractivity contribution in [2.45, 2.75) is 12.8 Å². The van der Waals surface area contributed by atoms with E-state index < -0.39 is 44.4 Å². The first-order valence-electron chi connectivity index (χ1n) is 4.03. The average molecular weight is 317 g/mol. The lowest BCUT2D eigenvalue weighted by Crippen LogP contribution is -2.12. The van der Waals surface area contributed by atoms with Gasteiger partial charge in [-0.15, -0.1) is 0 Å². The highest BCUT2D eigenvalue weighted by atomic mass is 79.9. The van der Waals surface area contributed by atoms with Crippen molar-refractivity contribution >= 4 is 33.5 Å². The summed E-state index contributed by atoms with van der Waals surface area (Å²) in [4.78, 5) is 10.6. The summed E-state index contributed by atoms with van der Waals surface area (Å²) in [6.45, 7) is 1.08. The standard InChI is InChI=1S/C9H5BrClF3O2/c1-2(9(15)16)3-5(11)7(13)4(10)8(14)6(3)12/h2H,1H3,(H,15,16). The fourth-order valence-electron chi connectivity index (χ4n) is 1.13. The van der Waals surface area contributed by atoms with Crippen molar-refractivity contribution in [2.24, 2.45) is 0 Å². The van der Waals surface area contributed by atoms with Crippen LogP contribution < -0.4 is 0 Å². The van der Waals surface area contributed by atoms with Gasteiger partial charge in [-0.2, -0.15) is 0 Å². The van der Waals surface area contributed by atoms with Gasteiger partial charge in [0.05, 0.1) is 15.4 Å². The zero-order chi connectivity index (χ0) is 12.6. The quantitative estimate of drug-likeness (QED) is 0.667. The minimum Gasteiger partial charge on any atom is -0.481 e. The number of halogens is 5. The summed E-state index contributed by atoms with van der Waals surface area (Å²) >= 11 is 7.92. The Bertz CT molecular complexity index is 436. The first kappa shape index (κ1) is 13.3. The first-order chi connectivity index (χ1) is 7.29. The van der Waals surface area contributed by atoms with Crippen LogP contribution in [-0.2, 0) is 4.79 Å². The largest absolute Gasteiger partial charge is 0.481 e. The number of hydrogen-bond donors (Lipinski definition) is 1. The van der Waals surface area contributed by atoms with E-state index in [1.54, 1.807) is 0 Å². The third-order valence-electron chi connectivity index (χ3n) is 2.05. The maximum atomic E-state index is 13.4. The van der Waals surface area contributed by atoms with Crippen molar-refractivity contribution in [3.05, 3.63) is 32.5 Å². The molecule has 0 saturated carbocycles. The van der Waals surface area contributed by atoms with Crippen molar-refractivity contribution in [1.29, 1.82) is 0 Å². The lowest BCUT2D eigenvalue weighted by atomic mass is 10.0. The molecule has 1 aromatic rings. The van der Waals surface area contributed by atoms with E-state index in [9.17, 15) is 18.0 Å². The molecule has 0 amide bonds. The molecule has 2 nitrogen and oxygen atoms in total. The van der Waals surface area contributed by atoms with Gasteiger partial charge in [-0.25, -0.2) is 13.2 Å². The molecule has 0 aliphatic rings. The Hall–Kier alpha value is -0.750. The fourth-order valence-corrected chi connectivity index (χ4v) is 1.95. The summed E-state index contributed by atoms with van der Waals surface area (Å²) < 4.78 is 39.1. The predicted octanol–water partition coefficient (Wildman–Crippen LogP) is 3.71. The molecule has 88 valence electrons. The minimum absolute atomic E-state index is 0.702. The van der Waals surface area contributed by atoms with E-state index in [1.807, 2.05) is 0 Å². The van der Waals surface area contributed by atoms with Gasteiger partial charge in [0.1, 0.15) is 0 Å². The second-order valence-corrected chi connectivity index (χ2v) is 4.21. The maximum absolute atomic E-state index is 13.4. The molecule has 1 atom stereocenters. The van der Waals surface area contributed by atoms with Crippen LogP contribution >= 0.6 is 27.5 Å². The van der Waals surface area contributed by atoms with Gasteiger partial charge in [-0.1, -0.05) is 11.6 Å². The molecule has 0 bridgehead atoms. The zero-order valence-corrected chi connectivity index (χ0v) is 10.2. The predicted molar refractivity (Wildman–Crippen MR) is 55.1 cm³/mol. The molecule has 0 heterocycles. The number of benzene rings is 1. The van der Waals surface area contributed by atoms with Crippen molar-refractivity contribution in [3.8, 4) is 0 Å². The third kappa shape index (κ3) is 2.04. The third-order valence-corrected chi connectivity index (χ3v) is 3.11. The van der Waals surface area contributed by atoms with Crippen molar-refractivity contribution < 1.29 is 23.1 Å². The summed E-state index contributed by atoms with van der Waals surface area (Å²) in [5.74, 6) is -7.05. The Kier molecular flexibility index (Phi) is 3.85. The Morgan fingerprint density at radius 3 is 2.25 bits per heavy atom. The molecule has 0 radical (unpaired) electrons. The van der Waals surface area contributed by atoms with Gasteiger partial charge in [-0.3, -0.25) is 4.79 Å². The number of carboxylic acid groups (broad SMARTS) is 1. The Balaban J connectivity index is 3.57. The lowest BCUT2D eigenvalue weighted by molar-refractivity contribution is -0.138. The molecule has 1 rings (SSSR count). The van der Waals surface area contributed by atoms with Crippen molar-refractivity contribution in [1.82, 2.24) is 0 Å². The highest BCUT2D eigenvalue weighted by Crippen LogP contribution is 2.36. The summed E-state index contributed by atoms with van der Waals surface area (Å²) in [5, 5.41) is 7.92. The monoisotopic (exact) mass is 316 g/mol. The van der Waals surface area contributed by atoms with Gasteiger partial charge in [0.2, 0.25) is 0 Å². The normalized spacial score (nSPS) is 12.6. The molecular formula is C9H5BrClF3O2. The maximum Gasteiger partial charge on any atom is 0.310 e. The van der Waals surface area contributed by atoms with Gasteiger partial charge < -0.3 is 5.11 Å². The Morgan fingerprint density at radius 2 is 1.81 bits per heavy atom. The molecule has 7 heteroatoms. The number of carboxylic acids is 1. The highest BCUT2D eigenvalue weighted by Gasteiger charge is 2.28. The van der Waals surface area contributed by atoms with E-state index in [2.05, 4.69) is 15.9 Å². The van der Waals surface area contributed by atoms with Crippen LogP contribution in [0.1, 0.15) is 18.4 Å². The molecule has 0 aliphatic carbocycles. The fraction of sp³-hybridized carbons (Fsp3) is 0.222. The Labute approximate surface area is 102 Å². The SMILES string of the molecule is CC(C(=O)O)c1c(F)c(F)c(Br)c(F)c1Cl. The van der Waals surface area contributed by atoms with Gasteiger partial charge >= 0.3 is 5.97 Å². The lowest BCUT2D eigenvalue weighted by Gasteiger charge is -2.12. The average Bonchev–Trinajstić information content (AvgIpc) is 2.23. The van der Waals surface area contributed by atoms with Crippen molar-refractivity contribution in [2.75, 3.05) is 0 Å². The van der Waals surface area contributed by atoms with Crippen LogP contribution in [0.2, 0.25) is 5.02 Å². The molecule has 0 saturated heterocycles. The van der Waals surface area contributed by atoms with E-state index in [-0.39, 0.29) is 0 Å². The molecule has 1 N–H and O–H groups in total. The summed E-state index contributed by atoms with van der Waals surface area (Å²) in [7, 11) is 0. The van der Waals surface area contributed by atoms with Crippen LogP contribution in [0.5, 0.6) is 0 Å². The minimum atomic E-state index is -1.50. The Morgan fingerprint density at radius 1 is 1.31 bits per heavy atom. The summed E-state index contributed by atoms with van der Waals surface area (Å²) in [6, 6.07) is 0. The second kappa shape index (κ2) is 4.63. The molecular weight excluding hydrogens is 312 g/mol. The van der Waals surface area contributed by atoms with Crippen LogP contribution in [0.3, 0.4) is 0 Å². The molecule has 1 unspecified atom stereocenters. The smallest absolute Gasteiger partial charge is 0.310 e. The highest BCUT2D eigenvalue weighted by molar-refractivity contribution is 9.10. The molecule has 0 spiro atoms. The molecule has 0 aliphatic heterocycles. The zero-order valence-electron chi connectivity index (χ0n) is 7.82. The van der Waals surface area contributed by atoms with Crippen LogP contribution in [-0.4, -0.2) is 11.1 Å². The van der Waals surface area contributed by atoms with E-state index in [1.165, 1.54) is 0 Å². The number of hydrogen-bond acceptors (Lipinski definition) is 1. The number of carbonyl (C=O) groups is 1. The van der Waals surface area contributed by atoms with E-state index in [0.717, 1.165) is 6.92 Å².